The van der Waals surface area contributed by atoms with Gasteiger partial charge in [-0.2, -0.15) is 0 Å². The highest BCUT2D eigenvalue weighted by molar-refractivity contribution is 7.99. The second-order valence-electron chi connectivity index (χ2n) is 7.78. The number of aromatic nitrogens is 4. The van der Waals surface area contributed by atoms with E-state index in [9.17, 15) is 9.59 Å². The zero-order valence-electron chi connectivity index (χ0n) is 18.8. The van der Waals surface area contributed by atoms with Gasteiger partial charge in [-0.1, -0.05) is 62.4 Å². The third kappa shape index (κ3) is 5.34. The third-order valence-corrected chi connectivity index (χ3v) is 6.48. The quantitative estimate of drug-likeness (QED) is 0.394. The first kappa shape index (κ1) is 22.8. The second kappa shape index (κ2) is 10.5. The van der Waals surface area contributed by atoms with Crippen molar-refractivity contribution in [3.63, 3.8) is 0 Å². The maximum absolute atomic E-state index is 12.8. The van der Waals surface area contributed by atoms with Gasteiger partial charge in [0, 0.05) is 23.0 Å². The summed E-state index contributed by atoms with van der Waals surface area (Å²) in [5, 5.41) is 7.88. The van der Waals surface area contributed by atoms with E-state index in [0.717, 1.165) is 30.6 Å². The average Bonchev–Trinajstić information content (AvgIpc) is 3.15. The lowest BCUT2D eigenvalue weighted by molar-refractivity contribution is -0.117. The maximum atomic E-state index is 12.8. The second-order valence-corrected chi connectivity index (χ2v) is 8.81. The lowest BCUT2D eigenvalue weighted by Crippen LogP contribution is -2.28. The van der Waals surface area contributed by atoms with Gasteiger partial charge in [-0.3, -0.25) is 4.79 Å². The number of hydrogen-bond acceptors (Lipinski definition) is 5. The number of fused-ring (bicyclic) bond motifs is 1. The lowest BCUT2D eigenvalue weighted by Gasteiger charge is -2.06. The van der Waals surface area contributed by atoms with Gasteiger partial charge >= 0.3 is 5.69 Å². The van der Waals surface area contributed by atoms with Crippen molar-refractivity contribution in [3.05, 3.63) is 82.5 Å². The number of carbonyl (C=O) groups is 1. The fraction of sp³-hybridized carbons (Fsp3) is 0.280. The Morgan fingerprint density at radius 3 is 2.64 bits per heavy atom. The van der Waals surface area contributed by atoms with Gasteiger partial charge in [-0.05, 0) is 48.6 Å². The monoisotopic (exact) mass is 461 g/mol. The minimum absolute atomic E-state index is 0.173. The number of aryl methyl sites for hydroxylation is 2. The number of hydrogen-bond donors (Lipinski definition) is 1. The Morgan fingerprint density at radius 1 is 1.09 bits per heavy atom. The number of rotatable bonds is 9. The molecule has 0 unspecified atom stereocenters. The number of nitrogens with one attached hydrogen (secondary N) is 1. The predicted molar refractivity (Wildman–Crippen MR) is 131 cm³/mol. The van der Waals surface area contributed by atoms with Gasteiger partial charge in [0.25, 0.3) is 0 Å². The van der Waals surface area contributed by atoms with E-state index in [0.29, 0.717) is 16.4 Å². The first-order chi connectivity index (χ1) is 16.1. The molecule has 0 fully saturated rings. The fourth-order valence-electron chi connectivity index (χ4n) is 3.57. The van der Waals surface area contributed by atoms with Gasteiger partial charge in [0.1, 0.15) is 11.6 Å². The minimum Gasteiger partial charge on any atom is -0.324 e. The smallest absolute Gasteiger partial charge is 0.324 e. The number of carbonyl (C=O) groups excluding carboxylic acids is 1. The third-order valence-electron chi connectivity index (χ3n) is 5.38. The Labute approximate surface area is 196 Å². The highest BCUT2D eigenvalue weighted by Crippen LogP contribution is 2.31. The number of unbranched alkanes of at least 4 members (excludes halogenated alkanes) is 1. The van der Waals surface area contributed by atoms with E-state index in [-0.39, 0.29) is 18.1 Å². The van der Waals surface area contributed by atoms with Crippen molar-refractivity contribution in [2.45, 2.75) is 56.0 Å². The van der Waals surface area contributed by atoms with Crippen LogP contribution in [0.3, 0.4) is 0 Å². The van der Waals surface area contributed by atoms with Crippen molar-refractivity contribution < 1.29 is 4.79 Å². The van der Waals surface area contributed by atoms with Gasteiger partial charge in [0.2, 0.25) is 5.91 Å². The number of nitrogens with zero attached hydrogens (tertiary/aromatic N) is 4. The van der Waals surface area contributed by atoms with Crippen LogP contribution in [0.1, 0.15) is 37.8 Å². The summed E-state index contributed by atoms with van der Waals surface area (Å²) in [6.07, 6.45) is 7.36. The van der Waals surface area contributed by atoms with Crippen molar-refractivity contribution in [2.75, 3.05) is 5.32 Å². The molecule has 0 spiro atoms. The molecule has 8 heteroatoms. The predicted octanol–water partition coefficient (Wildman–Crippen LogP) is 4.59. The van der Waals surface area contributed by atoms with E-state index in [1.807, 2.05) is 42.5 Å². The van der Waals surface area contributed by atoms with Crippen molar-refractivity contribution in [1.29, 1.82) is 0 Å². The first-order valence-corrected chi connectivity index (χ1v) is 12.0. The topological polar surface area (TPSA) is 81.3 Å². The Kier molecular flexibility index (Phi) is 7.24. The van der Waals surface area contributed by atoms with Crippen LogP contribution in [0.15, 0.2) is 75.6 Å². The van der Waals surface area contributed by atoms with Gasteiger partial charge in [0.05, 0.1) is 0 Å². The van der Waals surface area contributed by atoms with Crippen LogP contribution in [0, 0.1) is 0 Å². The molecule has 4 rings (SSSR count). The molecular weight excluding hydrogens is 434 g/mol. The van der Waals surface area contributed by atoms with Crippen LogP contribution in [0.25, 0.3) is 5.65 Å². The molecule has 1 amide bonds. The van der Waals surface area contributed by atoms with Crippen molar-refractivity contribution >= 4 is 29.0 Å². The first-order valence-electron chi connectivity index (χ1n) is 11.2. The standard InChI is InChI=1S/C25H27N5O2S/c1-3-5-8-18-11-13-20(14-12-18)27-22(31)17-30-25(32)29-16-15-26-24(23(29)28-30)33-21-10-7-6-9-19(21)4-2/h6-7,9-16H,3-5,8,17H2,1-2H3,(H,27,31). The summed E-state index contributed by atoms with van der Waals surface area (Å²) in [7, 11) is 0. The summed E-state index contributed by atoms with van der Waals surface area (Å²) in [5.41, 5.74) is 3.21. The zero-order valence-corrected chi connectivity index (χ0v) is 19.6. The Hall–Kier alpha value is -3.39. The molecule has 0 aliphatic rings. The van der Waals surface area contributed by atoms with Crippen molar-refractivity contribution in [1.82, 2.24) is 19.2 Å². The summed E-state index contributed by atoms with van der Waals surface area (Å²) >= 11 is 1.47. The molecule has 7 nitrogen and oxygen atoms in total. The van der Waals surface area contributed by atoms with Crippen LogP contribution in [0.5, 0.6) is 0 Å². The largest absolute Gasteiger partial charge is 0.350 e. The number of amides is 1. The van der Waals surface area contributed by atoms with E-state index in [4.69, 9.17) is 0 Å². The summed E-state index contributed by atoms with van der Waals surface area (Å²) in [4.78, 5) is 30.9. The van der Waals surface area contributed by atoms with Crippen molar-refractivity contribution in [2.24, 2.45) is 0 Å². The van der Waals surface area contributed by atoms with Crippen LogP contribution in [0.4, 0.5) is 5.69 Å². The number of anilines is 1. The Bertz CT molecular complexity index is 1310. The maximum Gasteiger partial charge on any atom is 0.350 e. The molecule has 0 saturated heterocycles. The van der Waals surface area contributed by atoms with E-state index < -0.39 is 0 Å². The molecule has 0 aliphatic heterocycles. The Morgan fingerprint density at radius 2 is 1.88 bits per heavy atom. The molecule has 0 bridgehead atoms. The summed E-state index contributed by atoms with van der Waals surface area (Å²) < 4.78 is 2.61. The van der Waals surface area contributed by atoms with Gasteiger partial charge in [-0.15, -0.1) is 5.10 Å². The molecule has 0 aliphatic carbocycles. The van der Waals surface area contributed by atoms with Crippen LogP contribution < -0.4 is 11.0 Å². The molecular formula is C25H27N5O2S. The Balaban J connectivity index is 1.51. The molecule has 4 aromatic rings. The molecule has 2 aromatic carbocycles. The summed E-state index contributed by atoms with van der Waals surface area (Å²) in [6.45, 7) is 4.09. The molecule has 1 N–H and O–H groups in total. The molecule has 2 heterocycles. The number of benzene rings is 2. The van der Waals surface area contributed by atoms with E-state index >= 15 is 0 Å². The molecule has 0 atom stereocenters. The van der Waals surface area contributed by atoms with Gasteiger partial charge in [-0.25, -0.2) is 18.9 Å². The summed E-state index contributed by atoms with van der Waals surface area (Å²) in [5.74, 6) is -0.305. The molecule has 170 valence electrons. The highest BCUT2D eigenvalue weighted by Gasteiger charge is 2.16. The minimum atomic E-state index is -0.372. The highest BCUT2D eigenvalue weighted by atomic mass is 32.2. The van der Waals surface area contributed by atoms with Crippen LogP contribution in [0.2, 0.25) is 0 Å². The van der Waals surface area contributed by atoms with Crippen LogP contribution >= 0.6 is 11.8 Å². The SMILES string of the molecule is CCCCc1ccc(NC(=O)Cn2nc3c(Sc4ccccc4CC)nccn3c2=O)cc1. The molecule has 33 heavy (non-hydrogen) atoms. The average molecular weight is 462 g/mol. The van der Waals surface area contributed by atoms with E-state index in [1.54, 1.807) is 12.4 Å². The lowest BCUT2D eigenvalue weighted by atomic mass is 10.1. The van der Waals surface area contributed by atoms with Crippen LogP contribution in [-0.4, -0.2) is 25.1 Å². The van der Waals surface area contributed by atoms with Crippen LogP contribution in [-0.2, 0) is 24.2 Å². The molecule has 2 aromatic heterocycles. The van der Waals surface area contributed by atoms with Crippen molar-refractivity contribution in [3.8, 4) is 0 Å². The normalized spacial score (nSPS) is 11.1. The molecule has 0 radical (unpaired) electrons. The van der Waals surface area contributed by atoms with E-state index in [1.165, 1.54) is 32.0 Å². The van der Waals surface area contributed by atoms with Gasteiger partial charge in [0.15, 0.2) is 5.65 Å². The van der Waals surface area contributed by atoms with Gasteiger partial charge < -0.3 is 5.32 Å². The molecule has 0 saturated carbocycles. The fourth-order valence-corrected chi connectivity index (χ4v) is 4.62. The summed E-state index contributed by atoms with van der Waals surface area (Å²) in [6, 6.07) is 15.9. The van der Waals surface area contributed by atoms with E-state index in [2.05, 4.69) is 35.3 Å². The zero-order chi connectivity index (χ0) is 23.2.